The monoisotopic (exact) mass is 471 g/mol. The molecule has 4 amide bonds. The molecule has 0 spiro atoms. The van der Waals surface area contributed by atoms with Gasteiger partial charge in [0.05, 0.1) is 12.5 Å². The summed E-state index contributed by atoms with van der Waals surface area (Å²) in [5, 5.41) is 16.9. The maximum absolute atomic E-state index is 13.1. The summed E-state index contributed by atoms with van der Waals surface area (Å²) >= 11 is 0. The average Bonchev–Trinajstić information content (AvgIpc) is 2.72. The summed E-state index contributed by atoms with van der Waals surface area (Å²) in [4.78, 5) is 61.0. The molecular weight excluding hydrogens is 430 g/mol. The van der Waals surface area contributed by atoms with Crippen LogP contribution in [0.25, 0.3) is 0 Å². The zero-order valence-corrected chi connectivity index (χ0v) is 20.5. The summed E-state index contributed by atoms with van der Waals surface area (Å²) in [7, 11) is 0. The van der Waals surface area contributed by atoms with E-state index >= 15 is 0 Å². The number of amides is 4. The molecule has 8 N–H and O–H groups in total. The van der Waals surface area contributed by atoms with Crippen LogP contribution in [0.5, 0.6) is 0 Å². The number of carboxylic acids is 1. The lowest BCUT2D eigenvalue weighted by Gasteiger charge is -2.30. The van der Waals surface area contributed by atoms with Crippen LogP contribution in [0.15, 0.2) is 0 Å². The van der Waals surface area contributed by atoms with Crippen LogP contribution in [0.3, 0.4) is 0 Å². The van der Waals surface area contributed by atoms with Crippen molar-refractivity contribution in [1.82, 2.24) is 16.0 Å². The number of carbonyl (C=O) groups is 5. The van der Waals surface area contributed by atoms with Gasteiger partial charge in [0.2, 0.25) is 23.6 Å². The van der Waals surface area contributed by atoms with E-state index in [1.807, 2.05) is 27.7 Å². The molecule has 0 fully saturated rings. The topological polar surface area (TPSA) is 194 Å². The average molecular weight is 472 g/mol. The Morgan fingerprint density at radius 3 is 1.58 bits per heavy atom. The molecule has 0 aliphatic carbocycles. The fourth-order valence-electron chi connectivity index (χ4n) is 3.18. The van der Waals surface area contributed by atoms with Gasteiger partial charge in [-0.25, -0.2) is 4.79 Å². The normalized spacial score (nSPS) is 16.6. The van der Waals surface area contributed by atoms with Crippen molar-refractivity contribution >= 4 is 29.6 Å². The van der Waals surface area contributed by atoms with Crippen LogP contribution in [0.1, 0.15) is 67.2 Å². The van der Waals surface area contributed by atoms with Gasteiger partial charge in [-0.1, -0.05) is 54.4 Å². The minimum absolute atomic E-state index is 0.197. The van der Waals surface area contributed by atoms with Gasteiger partial charge in [-0.3, -0.25) is 19.2 Å². The number of hydrogen-bond acceptors (Lipinski definition) is 6. The van der Waals surface area contributed by atoms with Gasteiger partial charge in [0, 0.05) is 0 Å². The van der Waals surface area contributed by atoms with Crippen molar-refractivity contribution in [2.75, 3.05) is 0 Å². The summed E-state index contributed by atoms with van der Waals surface area (Å²) in [6.07, 6.45) is 0.958. The van der Waals surface area contributed by atoms with E-state index in [-0.39, 0.29) is 17.8 Å². The number of carboxylic acid groups (broad SMARTS) is 1. The number of nitrogens with two attached hydrogens (primary N) is 2. The highest BCUT2D eigenvalue weighted by molar-refractivity contribution is 5.95. The quantitative estimate of drug-likeness (QED) is 0.191. The molecule has 11 heteroatoms. The fourth-order valence-corrected chi connectivity index (χ4v) is 3.18. The van der Waals surface area contributed by atoms with Crippen molar-refractivity contribution in [1.29, 1.82) is 0 Å². The molecule has 0 rings (SSSR count). The molecule has 0 aliphatic rings. The summed E-state index contributed by atoms with van der Waals surface area (Å²) in [6.45, 7) is 11.1. The number of primary amides is 1. The molecule has 0 aromatic rings. The zero-order valence-electron chi connectivity index (χ0n) is 20.5. The second-order valence-electron chi connectivity index (χ2n) is 9.05. The molecule has 33 heavy (non-hydrogen) atoms. The Labute approximate surface area is 195 Å². The first kappa shape index (κ1) is 30.3. The molecule has 0 aromatic carbocycles. The Morgan fingerprint density at radius 1 is 0.788 bits per heavy atom. The molecular formula is C22H41N5O6. The number of aliphatic carboxylic acids is 1. The van der Waals surface area contributed by atoms with Crippen LogP contribution in [0.4, 0.5) is 0 Å². The van der Waals surface area contributed by atoms with Crippen LogP contribution in [0.2, 0.25) is 0 Å². The standard InChI is InChI=1S/C22H41N5O6/c1-7-12(5)17(20(30)25-15(22(32)33)10-16(24)28)27-21(31)18(13(6)8-2)26-19(29)14(23)9-11(3)4/h11-15,17-18H,7-10,23H2,1-6H3,(H2,24,28)(H,25,30)(H,26,29)(H,27,31)(H,32,33). The number of carbonyl (C=O) groups excluding carboxylic acids is 4. The van der Waals surface area contributed by atoms with Crippen molar-refractivity contribution in [3.05, 3.63) is 0 Å². The minimum atomic E-state index is -1.52. The molecule has 190 valence electrons. The maximum Gasteiger partial charge on any atom is 0.326 e. The molecule has 6 atom stereocenters. The molecule has 0 saturated carbocycles. The van der Waals surface area contributed by atoms with Crippen LogP contribution < -0.4 is 27.4 Å². The van der Waals surface area contributed by atoms with E-state index in [0.717, 1.165) is 0 Å². The van der Waals surface area contributed by atoms with Crippen LogP contribution in [-0.2, 0) is 24.0 Å². The third-order valence-corrected chi connectivity index (χ3v) is 5.67. The highest BCUT2D eigenvalue weighted by Crippen LogP contribution is 2.13. The summed E-state index contributed by atoms with van der Waals surface area (Å²) in [5.41, 5.74) is 11.0. The van der Waals surface area contributed by atoms with E-state index in [2.05, 4.69) is 16.0 Å². The van der Waals surface area contributed by atoms with Crippen molar-refractivity contribution < 1.29 is 29.1 Å². The largest absolute Gasteiger partial charge is 0.480 e. The lowest BCUT2D eigenvalue weighted by atomic mass is 9.94. The molecule has 0 heterocycles. The summed E-state index contributed by atoms with van der Waals surface area (Å²) in [5.74, 6) is -4.49. The first-order valence-corrected chi connectivity index (χ1v) is 11.4. The second-order valence-corrected chi connectivity index (χ2v) is 9.05. The lowest BCUT2D eigenvalue weighted by molar-refractivity contribution is -0.144. The van der Waals surface area contributed by atoms with Crippen LogP contribution in [-0.4, -0.2) is 58.9 Å². The Hall–Kier alpha value is -2.69. The predicted molar refractivity (Wildman–Crippen MR) is 124 cm³/mol. The van der Waals surface area contributed by atoms with Crippen molar-refractivity contribution in [3.63, 3.8) is 0 Å². The predicted octanol–water partition coefficient (Wildman–Crippen LogP) is -0.134. The molecule has 0 aliphatic heterocycles. The molecule has 6 unspecified atom stereocenters. The lowest BCUT2D eigenvalue weighted by Crippen LogP contribution is -2.60. The van der Waals surface area contributed by atoms with Gasteiger partial charge in [-0.15, -0.1) is 0 Å². The van der Waals surface area contributed by atoms with Crippen LogP contribution in [0, 0.1) is 17.8 Å². The van der Waals surface area contributed by atoms with Crippen LogP contribution >= 0.6 is 0 Å². The van der Waals surface area contributed by atoms with Gasteiger partial charge >= 0.3 is 5.97 Å². The Kier molecular flexibility index (Phi) is 13.3. The van der Waals surface area contributed by atoms with Gasteiger partial charge in [0.15, 0.2) is 0 Å². The second kappa shape index (κ2) is 14.5. The Bertz CT molecular complexity index is 699. The van der Waals surface area contributed by atoms with Crippen molar-refractivity contribution in [3.8, 4) is 0 Å². The van der Waals surface area contributed by atoms with Gasteiger partial charge in [-0.2, -0.15) is 0 Å². The Morgan fingerprint density at radius 2 is 1.21 bits per heavy atom. The smallest absolute Gasteiger partial charge is 0.326 e. The Balaban J connectivity index is 5.62. The number of nitrogens with one attached hydrogen (secondary N) is 3. The van der Waals surface area contributed by atoms with Gasteiger partial charge < -0.3 is 32.5 Å². The van der Waals surface area contributed by atoms with E-state index < -0.39 is 60.2 Å². The number of hydrogen-bond donors (Lipinski definition) is 6. The fraction of sp³-hybridized carbons (Fsp3) is 0.773. The summed E-state index contributed by atoms with van der Waals surface area (Å²) < 4.78 is 0. The maximum atomic E-state index is 13.1. The van der Waals surface area contributed by atoms with Crippen molar-refractivity contribution in [2.24, 2.45) is 29.2 Å². The highest BCUT2D eigenvalue weighted by atomic mass is 16.4. The molecule has 0 aromatic heterocycles. The number of rotatable bonds is 15. The molecule has 0 saturated heterocycles. The third-order valence-electron chi connectivity index (χ3n) is 5.67. The van der Waals surface area contributed by atoms with Gasteiger partial charge in [-0.05, 0) is 24.2 Å². The van der Waals surface area contributed by atoms with E-state index in [0.29, 0.717) is 19.3 Å². The highest BCUT2D eigenvalue weighted by Gasteiger charge is 2.34. The first-order valence-electron chi connectivity index (χ1n) is 11.4. The van der Waals surface area contributed by atoms with E-state index in [9.17, 15) is 29.1 Å². The molecule has 11 nitrogen and oxygen atoms in total. The van der Waals surface area contributed by atoms with E-state index in [4.69, 9.17) is 11.5 Å². The van der Waals surface area contributed by atoms with Gasteiger partial charge in [0.25, 0.3) is 0 Å². The third kappa shape index (κ3) is 10.6. The zero-order chi connectivity index (χ0) is 25.9. The van der Waals surface area contributed by atoms with E-state index in [1.165, 1.54) is 0 Å². The van der Waals surface area contributed by atoms with Gasteiger partial charge in [0.1, 0.15) is 18.1 Å². The SMILES string of the molecule is CCC(C)C(NC(=O)C(N)CC(C)C)C(=O)NC(C(=O)NC(CC(N)=O)C(=O)O)C(C)CC. The van der Waals surface area contributed by atoms with E-state index in [1.54, 1.807) is 13.8 Å². The first-order chi connectivity index (χ1) is 15.2. The van der Waals surface area contributed by atoms with Crippen molar-refractivity contribution in [2.45, 2.75) is 91.4 Å². The molecule has 0 bridgehead atoms. The minimum Gasteiger partial charge on any atom is -0.480 e. The molecule has 0 radical (unpaired) electrons. The summed E-state index contributed by atoms with van der Waals surface area (Å²) in [6, 6.07) is -4.30.